The molecule has 0 bridgehead atoms. The second-order valence-corrected chi connectivity index (χ2v) is 3.52. The second kappa shape index (κ2) is 4.54. The molecule has 0 radical (unpaired) electrons. The molecule has 6 heteroatoms. The lowest BCUT2D eigenvalue weighted by atomic mass is 10.1. The van der Waals surface area contributed by atoms with Crippen molar-refractivity contribution in [1.82, 2.24) is 0 Å². The molecule has 0 aromatic carbocycles. The van der Waals surface area contributed by atoms with Crippen LogP contribution in [-0.4, -0.2) is 25.4 Å². The lowest BCUT2D eigenvalue weighted by Crippen LogP contribution is -2.18. The molecule has 0 heterocycles. The summed E-state index contributed by atoms with van der Waals surface area (Å²) in [6.07, 6.45) is 0.329. The van der Waals surface area contributed by atoms with Crippen LogP contribution in [0.15, 0.2) is 0 Å². The summed E-state index contributed by atoms with van der Waals surface area (Å²) in [5, 5.41) is 0. The van der Waals surface area contributed by atoms with Crippen molar-refractivity contribution < 1.29 is 21.9 Å². The molecule has 0 aliphatic heterocycles. The largest absolute Gasteiger partial charge is 0.397 e. The Morgan fingerprint density at radius 3 is 2.42 bits per heavy atom. The van der Waals surface area contributed by atoms with Gasteiger partial charge >= 0.3 is 10.4 Å². The Morgan fingerprint density at radius 1 is 1.58 bits per heavy atom. The van der Waals surface area contributed by atoms with Gasteiger partial charge in [0.15, 0.2) is 0 Å². The number of Topliss-reactive ketones (excluding diaryl/α,β-unsaturated/α-hetero) is 1. The zero-order chi connectivity index (χ0) is 9.78. The van der Waals surface area contributed by atoms with Crippen LogP contribution in [0.5, 0.6) is 0 Å². The van der Waals surface area contributed by atoms with E-state index in [1.807, 2.05) is 0 Å². The number of carbonyl (C=O) groups is 1. The van der Waals surface area contributed by atoms with E-state index in [2.05, 4.69) is 4.18 Å². The first-order chi connectivity index (χ1) is 5.37. The molecule has 12 heavy (non-hydrogen) atoms. The van der Waals surface area contributed by atoms with Crippen LogP contribution in [0.25, 0.3) is 0 Å². The van der Waals surface area contributed by atoms with Crippen LogP contribution in [0.2, 0.25) is 0 Å². The van der Waals surface area contributed by atoms with Crippen LogP contribution in [0.1, 0.15) is 20.3 Å². The monoisotopic (exact) mass is 196 g/mol. The molecule has 1 atom stereocenters. The van der Waals surface area contributed by atoms with Gasteiger partial charge in [0, 0.05) is 12.3 Å². The maximum absolute atomic E-state index is 10.9. The van der Waals surface area contributed by atoms with Crippen LogP contribution in [0, 0.1) is 5.92 Å². The second-order valence-electron chi connectivity index (χ2n) is 2.43. The van der Waals surface area contributed by atoms with E-state index in [0.29, 0.717) is 6.42 Å². The molecule has 0 aromatic rings. The van der Waals surface area contributed by atoms with Gasteiger partial charge in [-0.3, -0.25) is 9.35 Å². The fourth-order valence-corrected chi connectivity index (χ4v) is 1.01. The van der Waals surface area contributed by atoms with Crippen molar-refractivity contribution in [2.24, 2.45) is 5.92 Å². The van der Waals surface area contributed by atoms with Crippen molar-refractivity contribution in [2.45, 2.75) is 20.3 Å². The summed E-state index contributed by atoms with van der Waals surface area (Å²) in [5.74, 6) is -0.601. The fourth-order valence-electron chi connectivity index (χ4n) is 0.629. The first kappa shape index (κ1) is 11.5. The van der Waals surface area contributed by atoms with Crippen molar-refractivity contribution in [2.75, 3.05) is 6.61 Å². The molecule has 0 rings (SSSR count). The molecule has 0 amide bonds. The van der Waals surface area contributed by atoms with Crippen LogP contribution in [0.3, 0.4) is 0 Å². The third-order valence-corrected chi connectivity index (χ3v) is 1.80. The van der Waals surface area contributed by atoms with Crippen molar-refractivity contribution in [3.05, 3.63) is 0 Å². The van der Waals surface area contributed by atoms with E-state index in [9.17, 15) is 13.2 Å². The first-order valence-electron chi connectivity index (χ1n) is 3.51. The molecule has 0 spiro atoms. The molecule has 5 nitrogen and oxygen atoms in total. The number of ketones is 1. The minimum absolute atomic E-state index is 0.0985. The zero-order valence-electron chi connectivity index (χ0n) is 6.98. The van der Waals surface area contributed by atoms with E-state index < -0.39 is 16.3 Å². The Hall–Kier alpha value is -0.460. The highest BCUT2D eigenvalue weighted by atomic mass is 32.3. The van der Waals surface area contributed by atoms with Crippen LogP contribution in [-0.2, 0) is 19.4 Å². The zero-order valence-corrected chi connectivity index (χ0v) is 7.80. The van der Waals surface area contributed by atoms with E-state index in [1.165, 1.54) is 6.92 Å². The van der Waals surface area contributed by atoms with Gasteiger partial charge < -0.3 is 0 Å². The van der Waals surface area contributed by atoms with Gasteiger partial charge in [0.05, 0.1) is 6.61 Å². The lowest BCUT2D eigenvalue weighted by Gasteiger charge is -2.06. The summed E-state index contributed by atoms with van der Waals surface area (Å²) in [6, 6.07) is 0. The van der Waals surface area contributed by atoms with Gasteiger partial charge in [-0.15, -0.1) is 0 Å². The summed E-state index contributed by atoms with van der Waals surface area (Å²) < 4.78 is 32.3. The van der Waals surface area contributed by atoms with Crippen LogP contribution in [0.4, 0.5) is 0 Å². The Labute approximate surface area is 71.7 Å². The SMILES string of the molecule is CCC(=O)C(C)COS(=O)(=O)O. The van der Waals surface area contributed by atoms with Gasteiger partial charge in [-0.2, -0.15) is 8.42 Å². The van der Waals surface area contributed by atoms with Gasteiger partial charge in [0.1, 0.15) is 5.78 Å². The highest BCUT2D eigenvalue weighted by Gasteiger charge is 2.14. The van der Waals surface area contributed by atoms with Crippen molar-refractivity contribution in [3.63, 3.8) is 0 Å². The minimum Gasteiger partial charge on any atom is -0.299 e. The van der Waals surface area contributed by atoms with Crippen molar-refractivity contribution in [3.8, 4) is 0 Å². The number of carbonyl (C=O) groups excluding carboxylic acids is 1. The highest BCUT2D eigenvalue weighted by molar-refractivity contribution is 7.80. The lowest BCUT2D eigenvalue weighted by molar-refractivity contribution is -0.122. The number of hydrogen-bond acceptors (Lipinski definition) is 4. The molecule has 0 aliphatic carbocycles. The standard InChI is InChI=1S/C6H12O5S/c1-3-6(7)5(2)4-11-12(8,9)10/h5H,3-4H2,1-2H3,(H,8,9,10). The summed E-state index contributed by atoms with van der Waals surface area (Å²) in [4.78, 5) is 10.9. The molecule has 0 saturated carbocycles. The average Bonchev–Trinajstić information content (AvgIpc) is 1.97. The van der Waals surface area contributed by atoms with Crippen LogP contribution < -0.4 is 0 Å². The molecule has 0 fully saturated rings. The van der Waals surface area contributed by atoms with E-state index in [1.54, 1.807) is 6.92 Å². The van der Waals surface area contributed by atoms with E-state index in [4.69, 9.17) is 4.55 Å². The first-order valence-corrected chi connectivity index (χ1v) is 4.88. The Kier molecular flexibility index (Phi) is 4.36. The van der Waals surface area contributed by atoms with Gasteiger partial charge in [-0.1, -0.05) is 13.8 Å². The smallest absolute Gasteiger partial charge is 0.299 e. The Bertz CT molecular complexity index is 243. The van der Waals surface area contributed by atoms with E-state index >= 15 is 0 Å². The number of hydrogen-bond donors (Lipinski definition) is 1. The molecule has 0 saturated heterocycles. The Morgan fingerprint density at radius 2 is 2.08 bits per heavy atom. The van der Waals surface area contributed by atoms with Gasteiger partial charge in [-0.05, 0) is 0 Å². The summed E-state index contributed by atoms with van der Waals surface area (Å²) >= 11 is 0. The molecule has 0 aromatic heterocycles. The summed E-state index contributed by atoms with van der Waals surface area (Å²) in [6.45, 7) is 2.91. The third kappa shape index (κ3) is 5.22. The van der Waals surface area contributed by atoms with Crippen molar-refractivity contribution in [1.29, 1.82) is 0 Å². The van der Waals surface area contributed by atoms with Gasteiger partial charge in [-0.25, -0.2) is 4.18 Å². The minimum atomic E-state index is -4.41. The average molecular weight is 196 g/mol. The van der Waals surface area contributed by atoms with E-state index in [0.717, 1.165) is 0 Å². The maximum Gasteiger partial charge on any atom is 0.397 e. The molecule has 0 aliphatic rings. The molecule has 1 unspecified atom stereocenters. The molecular formula is C6H12O5S. The van der Waals surface area contributed by atoms with Gasteiger partial charge in [0.2, 0.25) is 0 Å². The van der Waals surface area contributed by atoms with Crippen LogP contribution >= 0.6 is 0 Å². The molecule has 1 N–H and O–H groups in total. The predicted octanol–water partition coefficient (Wildman–Crippen LogP) is 0.421. The predicted molar refractivity (Wildman–Crippen MR) is 42.0 cm³/mol. The Balaban J connectivity index is 3.88. The third-order valence-electron chi connectivity index (χ3n) is 1.37. The topological polar surface area (TPSA) is 80.7 Å². The van der Waals surface area contributed by atoms with Crippen molar-refractivity contribution >= 4 is 16.2 Å². The normalized spacial score (nSPS) is 14.2. The fraction of sp³-hybridized carbons (Fsp3) is 0.833. The quantitative estimate of drug-likeness (QED) is 0.644. The highest BCUT2D eigenvalue weighted by Crippen LogP contribution is 2.02. The molecule has 72 valence electrons. The summed E-state index contributed by atoms with van der Waals surface area (Å²) in [5.41, 5.74) is 0. The maximum atomic E-state index is 10.9. The van der Waals surface area contributed by atoms with E-state index in [-0.39, 0.29) is 12.4 Å². The summed E-state index contributed by atoms with van der Waals surface area (Å²) in [7, 11) is -4.41. The van der Waals surface area contributed by atoms with Gasteiger partial charge in [0.25, 0.3) is 0 Å². The molecular weight excluding hydrogens is 184 g/mol. The number of rotatable bonds is 5.